The van der Waals surface area contributed by atoms with E-state index in [0.717, 1.165) is 48.9 Å². The number of H-pyrrole nitrogens is 1. The van der Waals surface area contributed by atoms with Crippen molar-refractivity contribution in [1.29, 1.82) is 0 Å². The first-order chi connectivity index (χ1) is 18.2. The molecule has 4 aromatic rings. The third-order valence-corrected chi connectivity index (χ3v) is 7.11. The topological polar surface area (TPSA) is 112 Å². The predicted octanol–water partition coefficient (Wildman–Crippen LogP) is 4.72. The van der Waals surface area contributed by atoms with Gasteiger partial charge < -0.3 is 16.0 Å². The fraction of sp³-hybridized carbons (Fsp3) is 0.310. The number of guanidine groups is 1. The van der Waals surface area contributed by atoms with Crippen molar-refractivity contribution in [3.8, 4) is 0 Å². The molecule has 0 spiro atoms. The molecule has 8 nitrogen and oxygen atoms in total. The second-order valence-corrected chi connectivity index (χ2v) is 9.72. The number of nitrogens with zero attached hydrogens (tertiary/aromatic N) is 4. The van der Waals surface area contributed by atoms with E-state index in [1.165, 1.54) is 5.56 Å². The van der Waals surface area contributed by atoms with Gasteiger partial charge in [-0.3, -0.25) is 9.89 Å². The number of rotatable bonds is 8. The van der Waals surface area contributed by atoms with Gasteiger partial charge in [0.15, 0.2) is 11.6 Å². The molecular weight excluding hydrogens is 462 g/mol. The highest BCUT2D eigenvalue weighted by molar-refractivity contribution is 6.00. The molecule has 0 saturated heterocycles. The number of hydrogen-bond donors (Lipinski definition) is 3. The van der Waals surface area contributed by atoms with E-state index in [0.29, 0.717) is 30.6 Å². The van der Waals surface area contributed by atoms with Crippen molar-refractivity contribution in [3.63, 3.8) is 0 Å². The number of amides is 1. The van der Waals surface area contributed by atoms with Crippen molar-refractivity contribution in [2.45, 2.75) is 38.8 Å². The second kappa shape index (κ2) is 11.7. The number of benzene rings is 2. The van der Waals surface area contributed by atoms with Gasteiger partial charge in [0.1, 0.15) is 0 Å². The summed E-state index contributed by atoms with van der Waals surface area (Å²) in [6.45, 7) is 2.10. The van der Waals surface area contributed by atoms with E-state index in [1.807, 2.05) is 30.3 Å². The largest absolute Gasteiger partial charge is 0.370 e. The van der Waals surface area contributed by atoms with E-state index < -0.39 is 0 Å². The summed E-state index contributed by atoms with van der Waals surface area (Å²) in [4.78, 5) is 24.2. The van der Waals surface area contributed by atoms with Crippen LogP contribution in [-0.2, 0) is 17.9 Å². The average molecular weight is 496 g/mol. The molecule has 1 saturated carbocycles. The number of aromatic amines is 1. The van der Waals surface area contributed by atoms with E-state index in [-0.39, 0.29) is 11.8 Å². The van der Waals surface area contributed by atoms with E-state index in [9.17, 15) is 4.79 Å². The van der Waals surface area contributed by atoms with E-state index in [4.69, 9.17) is 10.7 Å². The molecular formula is C29H33N7O. The molecule has 190 valence electrons. The van der Waals surface area contributed by atoms with Gasteiger partial charge in [0, 0.05) is 25.2 Å². The molecule has 1 fully saturated rings. The Hall–Kier alpha value is -4.20. The predicted molar refractivity (Wildman–Crippen MR) is 147 cm³/mol. The van der Waals surface area contributed by atoms with Gasteiger partial charge >= 0.3 is 0 Å². The number of anilines is 1. The number of hydrogen-bond acceptors (Lipinski definition) is 4. The van der Waals surface area contributed by atoms with E-state index in [1.54, 1.807) is 12.4 Å². The first-order valence-corrected chi connectivity index (χ1v) is 12.9. The molecule has 0 bridgehead atoms. The Kier molecular flexibility index (Phi) is 7.74. The fourth-order valence-electron chi connectivity index (χ4n) is 5.01. The summed E-state index contributed by atoms with van der Waals surface area (Å²) < 4.78 is 0. The molecule has 2 aromatic heterocycles. The molecule has 37 heavy (non-hydrogen) atoms. The highest BCUT2D eigenvalue weighted by Crippen LogP contribution is 2.31. The Morgan fingerprint density at radius 3 is 2.43 bits per heavy atom. The lowest BCUT2D eigenvalue weighted by Gasteiger charge is -2.33. The third kappa shape index (κ3) is 6.33. The van der Waals surface area contributed by atoms with Gasteiger partial charge in [0.05, 0.1) is 23.8 Å². The van der Waals surface area contributed by atoms with Gasteiger partial charge in [-0.15, -0.1) is 0 Å². The molecule has 0 aliphatic heterocycles. The summed E-state index contributed by atoms with van der Waals surface area (Å²) in [5.41, 5.74) is 10.3. The van der Waals surface area contributed by atoms with E-state index >= 15 is 0 Å². The van der Waals surface area contributed by atoms with Crippen molar-refractivity contribution in [3.05, 3.63) is 90.3 Å². The SMILES string of the molecule is N/C(=N\Cc1ccccc1)N(Cc1ccccc1)C[C@H]1CC[C@H](C(=O)Nc2ccnc3[nH]ncc23)CC1. The zero-order chi connectivity index (χ0) is 25.5. The van der Waals surface area contributed by atoms with E-state index in [2.05, 4.69) is 61.8 Å². The fourth-order valence-corrected chi connectivity index (χ4v) is 5.01. The zero-order valence-corrected chi connectivity index (χ0v) is 20.9. The van der Waals surface area contributed by atoms with Gasteiger partial charge in [-0.1, -0.05) is 60.7 Å². The maximum atomic E-state index is 13.0. The van der Waals surface area contributed by atoms with Gasteiger partial charge in [0.2, 0.25) is 5.91 Å². The van der Waals surface area contributed by atoms with Gasteiger partial charge in [-0.05, 0) is 48.8 Å². The smallest absolute Gasteiger partial charge is 0.227 e. The Morgan fingerprint density at radius 1 is 1.00 bits per heavy atom. The van der Waals surface area contributed by atoms with Crippen LogP contribution in [0.15, 0.2) is 84.1 Å². The maximum Gasteiger partial charge on any atom is 0.227 e. The van der Waals surface area contributed by atoms with Crippen LogP contribution in [0.1, 0.15) is 36.8 Å². The highest BCUT2D eigenvalue weighted by Gasteiger charge is 2.28. The van der Waals surface area contributed by atoms with Crippen LogP contribution in [0.2, 0.25) is 0 Å². The van der Waals surface area contributed by atoms with Gasteiger partial charge in [-0.2, -0.15) is 5.10 Å². The number of pyridine rings is 1. The van der Waals surface area contributed by atoms with Crippen molar-refractivity contribution in [2.24, 2.45) is 22.6 Å². The lowest BCUT2D eigenvalue weighted by Crippen LogP contribution is -2.41. The Bertz CT molecular complexity index is 1330. The standard InChI is InChI=1S/C29H33N7O/c30-29(32-17-21-7-3-1-4-8-21)36(19-22-9-5-2-6-10-22)20-23-11-13-24(14-12-23)28(37)34-26-15-16-31-27-25(26)18-33-35-27/h1-10,15-16,18,23-24H,11-14,17,19-20H2,(H2,30,32)(H2,31,33,34,35,37)/t23-,24-. The minimum Gasteiger partial charge on any atom is -0.370 e. The second-order valence-electron chi connectivity index (χ2n) is 9.72. The van der Waals surface area contributed by atoms with Crippen LogP contribution < -0.4 is 11.1 Å². The summed E-state index contributed by atoms with van der Waals surface area (Å²) in [6.07, 6.45) is 7.05. The lowest BCUT2D eigenvalue weighted by atomic mass is 9.81. The molecule has 1 amide bonds. The highest BCUT2D eigenvalue weighted by atomic mass is 16.1. The minimum atomic E-state index is -0.00182. The normalized spacial score (nSPS) is 18.0. The first-order valence-electron chi connectivity index (χ1n) is 12.9. The van der Waals surface area contributed by atoms with Crippen molar-refractivity contribution < 1.29 is 4.79 Å². The maximum absolute atomic E-state index is 13.0. The summed E-state index contributed by atoms with van der Waals surface area (Å²) >= 11 is 0. The number of carbonyl (C=O) groups is 1. The van der Waals surface area contributed by atoms with Gasteiger partial charge in [0.25, 0.3) is 0 Å². The molecule has 1 aliphatic rings. The molecule has 2 aromatic carbocycles. The molecule has 0 atom stereocenters. The summed E-state index contributed by atoms with van der Waals surface area (Å²) in [5.74, 6) is 1.09. The van der Waals surface area contributed by atoms with Crippen LogP contribution in [-0.4, -0.2) is 38.5 Å². The van der Waals surface area contributed by atoms with Crippen LogP contribution >= 0.6 is 0 Å². The molecule has 0 unspecified atom stereocenters. The number of nitrogens with one attached hydrogen (secondary N) is 2. The van der Waals surface area contributed by atoms with Crippen molar-refractivity contribution in [1.82, 2.24) is 20.1 Å². The number of nitrogens with two attached hydrogens (primary N) is 1. The van der Waals surface area contributed by atoms with Crippen LogP contribution in [0.3, 0.4) is 0 Å². The monoisotopic (exact) mass is 495 g/mol. The Morgan fingerprint density at radius 2 is 1.70 bits per heavy atom. The number of carbonyl (C=O) groups excluding carboxylic acids is 1. The first kappa shape index (κ1) is 24.5. The molecule has 4 N–H and O–H groups in total. The summed E-state index contributed by atoms with van der Waals surface area (Å²) in [6, 6.07) is 22.4. The van der Waals surface area contributed by atoms with Crippen molar-refractivity contribution in [2.75, 3.05) is 11.9 Å². The molecule has 5 rings (SSSR count). The molecule has 1 aliphatic carbocycles. The van der Waals surface area contributed by atoms with Gasteiger partial charge in [-0.25, -0.2) is 9.98 Å². The Balaban J connectivity index is 1.20. The molecule has 2 heterocycles. The lowest BCUT2D eigenvalue weighted by molar-refractivity contribution is -0.121. The third-order valence-electron chi connectivity index (χ3n) is 7.11. The number of aromatic nitrogens is 3. The van der Waals surface area contributed by atoms with Crippen LogP contribution in [0.4, 0.5) is 5.69 Å². The van der Waals surface area contributed by atoms with Crippen LogP contribution in [0.25, 0.3) is 11.0 Å². The molecule has 8 heteroatoms. The number of fused-ring (bicyclic) bond motifs is 1. The molecule has 0 radical (unpaired) electrons. The summed E-state index contributed by atoms with van der Waals surface area (Å²) in [5, 5.41) is 10.8. The Labute approximate surface area is 217 Å². The quantitative estimate of drug-likeness (QED) is 0.242. The van der Waals surface area contributed by atoms with Crippen LogP contribution in [0.5, 0.6) is 0 Å². The number of aliphatic imine (C=N–C) groups is 1. The minimum absolute atomic E-state index is 0.00182. The zero-order valence-electron chi connectivity index (χ0n) is 20.9. The average Bonchev–Trinajstić information content (AvgIpc) is 3.43. The van der Waals surface area contributed by atoms with Crippen LogP contribution in [0, 0.1) is 11.8 Å². The summed E-state index contributed by atoms with van der Waals surface area (Å²) in [7, 11) is 0. The van der Waals surface area contributed by atoms with Crippen molar-refractivity contribution >= 4 is 28.6 Å².